The first-order chi connectivity index (χ1) is 11.5. The zero-order valence-electron chi connectivity index (χ0n) is 12.6. The number of rotatable bonds is 5. The van der Waals surface area contributed by atoms with Crippen LogP contribution in [0, 0.1) is 5.82 Å². The topological polar surface area (TPSA) is 80.9 Å². The molecule has 1 unspecified atom stereocenters. The zero-order valence-corrected chi connectivity index (χ0v) is 13.4. The molecule has 0 saturated carbocycles. The minimum atomic E-state index is -0.447. The number of tetrazole rings is 1. The number of halogens is 1. The Bertz CT molecular complexity index is 849. The molecule has 0 radical (unpaired) electrons. The van der Waals surface area contributed by atoms with E-state index in [0.717, 1.165) is 0 Å². The fourth-order valence-corrected chi connectivity index (χ4v) is 2.95. The Morgan fingerprint density at radius 2 is 1.83 bits per heavy atom. The number of benzene rings is 2. The summed E-state index contributed by atoms with van der Waals surface area (Å²) in [6, 6.07) is 11.8. The van der Waals surface area contributed by atoms with Crippen LogP contribution in [0.3, 0.4) is 0 Å². The second kappa shape index (κ2) is 6.79. The fraction of sp³-hybridized carbons (Fsp3) is 0.125. The maximum absolute atomic E-state index is 13.0. The maximum Gasteiger partial charge on any atom is 0.214 e. The van der Waals surface area contributed by atoms with Crippen LogP contribution in [0.25, 0.3) is 5.69 Å². The number of carbonyl (C=O) groups excluding carboxylic acids is 1. The minimum Gasteiger partial charge on any atom is -0.508 e. The van der Waals surface area contributed by atoms with E-state index in [1.165, 1.54) is 52.8 Å². The van der Waals surface area contributed by atoms with Crippen molar-refractivity contribution >= 4 is 17.5 Å². The van der Waals surface area contributed by atoms with E-state index < -0.39 is 5.25 Å². The number of nitrogens with zero attached hydrogens (tertiary/aromatic N) is 4. The number of hydrogen-bond donors (Lipinski definition) is 1. The van der Waals surface area contributed by atoms with Crippen LogP contribution in [0.5, 0.6) is 5.75 Å². The van der Waals surface area contributed by atoms with Gasteiger partial charge in [0, 0.05) is 5.56 Å². The minimum absolute atomic E-state index is 0.139. The highest BCUT2D eigenvalue weighted by Gasteiger charge is 2.20. The summed E-state index contributed by atoms with van der Waals surface area (Å²) >= 11 is 1.20. The van der Waals surface area contributed by atoms with Gasteiger partial charge in [-0.2, -0.15) is 4.68 Å². The molecule has 1 atom stereocenters. The van der Waals surface area contributed by atoms with Gasteiger partial charge in [-0.1, -0.05) is 11.8 Å². The molecule has 1 N–H and O–H groups in total. The van der Waals surface area contributed by atoms with E-state index in [1.807, 2.05) is 0 Å². The molecular formula is C16H13FN4O2S. The fourth-order valence-electron chi connectivity index (χ4n) is 2.07. The molecule has 6 nitrogen and oxygen atoms in total. The molecule has 24 heavy (non-hydrogen) atoms. The molecule has 0 aliphatic carbocycles. The second-order valence-electron chi connectivity index (χ2n) is 5.02. The number of aromatic nitrogens is 4. The third-order valence-corrected chi connectivity index (χ3v) is 4.35. The third kappa shape index (κ3) is 3.43. The van der Waals surface area contributed by atoms with Gasteiger partial charge in [0.15, 0.2) is 5.78 Å². The summed E-state index contributed by atoms with van der Waals surface area (Å²) in [7, 11) is 0. The van der Waals surface area contributed by atoms with Gasteiger partial charge in [-0.05, 0) is 65.9 Å². The average molecular weight is 344 g/mol. The molecule has 3 aromatic rings. The highest BCUT2D eigenvalue weighted by atomic mass is 32.2. The number of ketones is 1. The third-order valence-electron chi connectivity index (χ3n) is 3.32. The predicted molar refractivity (Wildman–Crippen MR) is 86.9 cm³/mol. The lowest BCUT2D eigenvalue weighted by Crippen LogP contribution is -2.14. The van der Waals surface area contributed by atoms with E-state index >= 15 is 0 Å². The molecule has 8 heteroatoms. The molecule has 3 rings (SSSR count). The lowest BCUT2D eigenvalue weighted by atomic mass is 10.1. The van der Waals surface area contributed by atoms with E-state index in [1.54, 1.807) is 19.1 Å². The number of phenolic OH excluding ortho intramolecular Hbond substituents is 1. The van der Waals surface area contributed by atoms with Gasteiger partial charge >= 0.3 is 0 Å². The van der Waals surface area contributed by atoms with Crippen molar-refractivity contribution in [3.8, 4) is 11.4 Å². The first-order valence-corrected chi connectivity index (χ1v) is 7.97. The molecule has 0 fully saturated rings. The smallest absolute Gasteiger partial charge is 0.214 e. The molecule has 1 heterocycles. The Morgan fingerprint density at radius 1 is 1.17 bits per heavy atom. The second-order valence-corrected chi connectivity index (χ2v) is 6.33. The molecule has 0 bridgehead atoms. The molecule has 0 aliphatic heterocycles. The first kappa shape index (κ1) is 16.1. The predicted octanol–water partition coefficient (Wildman–Crippen LogP) is 2.87. The van der Waals surface area contributed by atoms with Crippen molar-refractivity contribution < 1.29 is 14.3 Å². The van der Waals surface area contributed by atoms with Crippen LogP contribution < -0.4 is 0 Å². The number of carbonyl (C=O) groups is 1. The van der Waals surface area contributed by atoms with Crippen LogP contribution >= 0.6 is 11.8 Å². The van der Waals surface area contributed by atoms with Gasteiger partial charge in [0.25, 0.3) is 0 Å². The number of hydrogen-bond acceptors (Lipinski definition) is 6. The van der Waals surface area contributed by atoms with Crippen molar-refractivity contribution in [3.05, 3.63) is 59.9 Å². The molecule has 2 aromatic carbocycles. The van der Waals surface area contributed by atoms with Gasteiger partial charge < -0.3 is 5.11 Å². The number of thioether (sulfide) groups is 1. The van der Waals surface area contributed by atoms with Crippen LogP contribution in [0.2, 0.25) is 0 Å². The van der Waals surface area contributed by atoms with Gasteiger partial charge in [-0.3, -0.25) is 4.79 Å². The molecular weight excluding hydrogens is 331 g/mol. The average Bonchev–Trinajstić information content (AvgIpc) is 3.03. The summed E-state index contributed by atoms with van der Waals surface area (Å²) < 4.78 is 14.4. The summed E-state index contributed by atoms with van der Waals surface area (Å²) in [5.74, 6) is -0.385. The van der Waals surface area contributed by atoms with Crippen molar-refractivity contribution in [2.24, 2.45) is 0 Å². The van der Waals surface area contributed by atoms with Gasteiger partial charge in [0.05, 0.1) is 10.9 Å². The van der Waals surface area contributed by atoms with Crippen molar-refractivity contribution in [2.75, 3.05) is 0 Å². The van der Waals surface area contributed by atoms with Gasteiger partial charge in [0.2, 0.25) is 5.16 Å². The van der Waals surface area contributed by atoms with Crippen LogP contribution in [-0.2, 0) is 0 Å². The number of Topliss-reactive ketones (excluding diaryl/α,β-unsaturated/α-hetero) is 1. The first-order valence-electron chi connectivity index (χ1n) is 7.09. The van der Waals surface area contributed by atoms with Gasteiger partial charge in [-0.25, -0.2) is 4.39 Å². The monoisotopic (exact) mass is 344 g/mol. The van der Waals surface area contributed by atoms with Crippen molar-refractivity contribution in [3.63, 3.8) is 0 Å². The Labute approximate surface area is 141 Å². The summed E-state index contributed by atoms with van der Waals surface area (Å²) in [4.78, 5) is 12.4. The van der Waals surface area contributed by atoms with Gasteiger partial charge in [-0.15, -0.1) is 5.10 Å². The SMILES string of the molecule is CC(Sc1nnnn1-c1ccc(O)cc1)C(=O)c1ccc(F)cc1. The Balaban J connectivity index is 1.79. The van der Waals surface area contributed by atoms with E-state index in [0.29, 0.717) is 16.4 Å². The summed E-state index contributed by atoms with van der Waals surface area (Å²) in [5.41, 5.74) is 1.10. The highest BCUT2D eigenvalue weighted by molar-refractivity contribution is 8.00. The Morgan fingerprint density at radius 3 is 2.50 bits per heavy atom. The molecule has 0 aliphatic rings. The summed E-state index contributed by atoms with van der Waals surface area (Å²) in [6.07, 6.45) is 0. The van der Waals surface area contributed by atoms with E-state index in [-0.39, 0.29) is 17.3 Å². The highest BCUT2D eigenvalue weighted by Crippen LogP contribution is 2.25. The Kier molecular flexibility index (Phi) is 4.57. The molecule has 122 valence electrons. The normalized spacial score (nSPS) is 12.1. The van der Waals surface area contributed by atoms with Crippen LogP contribution in [0.1, 0.15) is 17.3 Å². The van der Waals surface area contributed by atoms with E-state index in [4.69, 9.17) is 0 Å². The molecule has 0 spiro atoms. The van der Waals surface area contributed by atoms with Crippen molar-refractivity contribution in [1.29, 1.82) is 0 Å². The quantitative estimate of drug-likeness (QED) is 0.566. The molecule has 0 saturated heterocycles. The van der Waals surface area contributed by atoms with E-state index in [9.17, 15) is 14.3 Å². The van der Waals surface area contributed by atoms with Crippen LogP contribution in [-0.4, -0.2) is 36.3 Å². The zero-order chi connectivity index (χ0) is 17.1. The summed E-state index contributed by atoms with van der Waals surface area (Å²) in [6.45, 7) is 1.74. The van der Waals surface area contributed by atoms with Crippen LogP contribution in [0.15, 0.2) is 53.7 Å². The largest absolute Gasteiger partial charge is 0.508 e. The van der Waals surface area contributed by atoms with E-state index in [2.05, 4.69) is 15.5 Å². The molecule has 1 aromatic heterocycles. The maximum atomic E-state index is 13.0. The summed E-state index contributed by atoms with van der Waals surface area (Å²) in [5, 5.41) is 20.8. The standard InChI is InChI=1S/C16H13FN4O2S/c1-10(15(23)11-2-4-12(17)5-3-11)24-16-18-19-20-21(16)13-6-8-14(22)9-7-13/h2-10,22H,1H3. The van der Waals surface area contributed by atoms with Gasteiger partial charge in [0.1, 0.15) is 11.6 Å². The molecule has 0 amide bonds. The Hall–Kier alpha value is -2.74. The van der Waals surface area contributed by atoms with Crippen molar-refractivity contribution in [1.82, 2.24) is 20.2 Å². The number of aromatic hydroxyl groups is 1. The lowest BCUT2D eigenvalue weighted by Gasteiger charge is -2.10. The van der Waals surface area contributed by atoms with Crippen LogP contribution in [0.4, 0.5) is 4.39 Å². The van der Waals surface area contributed by atoms with Crippen molar-refractivity contribution in [2.45, 2.75) is 17.3 Å². The lowest BCUT2D eigenvalue weighted by molar-refractivity contribution is 0.0994. The number of phenols is 1.